The molecule has 1 fully saturated rings. The highest BCUT2D eigenvalue weighted by atomic mass is 79.9. The summed E-state index contributed by atoms with van der Waals surface area (Å²) in [6.45, 7) is 7.64. The third-order valence-electron chi connectivity index (χ3n) is 6.46. The Labute approximate surface area is 236 Å². The summed E-state index contributed by atoms with van der Waals surface area (Å²) in [6.07, 6.45) is 1.31. The Kier molecular flexibility index (Phi) is 9.23. The van der Waals surface area contributed by atoms with Gasteiger partial charge < -0.3 is 24.6 Å². The number of hydrogen-bond acceptors (Lipinski definition) is 6. The number of hydrogen-bond donors (Lipinski definition) is 1. The van der Waals surface area contributed by atoms with Gasteiger partial charge in [0.2, 0.25) is 5.91 Å². The maximum Gasteiger partial charge on any atom is 0.409 e. The van der Waals surface area contributed by atoms with Crippen LogP contribution in [-0.4, -0.2) is 70.3 Å². The Bertz CT molecular complexity index is 1340. The van der Waals surface area contributed by atoms with Crippen molar-refractivity contribution in [1.29, 1.82) is 0 Å². The SMILES string of the molecule is CCOC(=O)N1CCN(C(=O)C(C)n2cc(NC(=O)c3cccc(COc4ccccc4Br)c3)c(C)n2)CC1. The summed E-state index contributed by atoms with van der Waals surface area (Å²) in [7, 11) is 0. The molecule has 11 heteroatoms. The maximum atomic E-state index is 13.1. The Morgan fingerprint density at radius 2 is 1.77 bits per heavy atom. The molecule has 1 saturated heterocycles. The van der Waals surface area contributed by atoms with E-state index in [0.29, 0.717) is 56.3 Å². The number of amides is 3. The third-order valence-corrected chi connectivity index (χ3v) is 7.11. The number of aryl methyl sites for hydroxylation is 1. The molecule has 2 aromatic carbocycles. The fraction of sp³-hybridized carbons (Fsp3) is 0.357. The molecule has 3 amide bonds. The van der Waals surface area contributed by atoms with Gasteiger partial charge in [0, 0.05) is 37.9 Å². The lowest BCUT2D eigenvalue weighted by molar-refractivity contribution is -0.136. The molecule has 0 saturated carbocycles. The number of rotatable bonds is 8. The zero-order chi connectivity index (χ0) is 27.9. The van der Waals surface area contributed by atoms with Crippen LogP contribution < -0.4 is 10.1 Å². The molecule has 1 aliphatic heterocycles. The number of para-hydroxylation sites is 1. The molecular formula is C28H32BrN5O5. The minimum Gasteiger partial charge on any atom is -0.488 e. The first-order chi connectivity index (χ1) is 18.8. The highest BCUT2D eigenvalue weighted by molar-refractivity contribution is 9.10. The lowest BCUT2D eigenvalue weighted by Crippen LogP contribution is -2.52. The van der Waals surface area contributed by atoms with Crippen LogP contribution in [0, 0.1) is 6.92 Å². The third kappa shape index (κ3) is 6.97. The Balaban J connectivity index is 1.35. The summed E-state index contributed by atoms with van der Waals surface area (Å²) in [5.74, 6) is 0.339. The van der Waals surface area contributed by atoms with E-state index in [0.717, 1.165) is 15.8 Å². The molecule has 1 unspecified atom stereocenters. The molecule has 1 aliphatic rings. The van der Waals surface area contributed by atoms with Crippen molar-refractivity contribution in [3.05, 3.63) is 76.0 Å². The van der Waals surface area contributed by atoms with Crippen molar-refractivity contribution in [3.63, 3.8) is 0 Å². The fourth-order valence-electron chi connectivity index (χ4n) is 4.22. The zero-order valence-electron chi connectivity index (χ0n) is 22.2. The number of nitrogens with one attached hydrogen (secondary N) is 1. The van der Waals surface area contributed by atoms with Gasteiger partial charge in [0.1, 0.15) is 18.4 Å². The smallest absolute Gasteiger partial charge is 0.409 e. The van der Waals surface area contributed by atoms with Crippen LogP contribution >= 0.6 is 15.9 Å². The van der Waals surface area contributed by atoms with E-state index in [1.54, 1.807) is 53.6 Å². The number of carbonyl (C=O) groups is 3. The molecule has 0 radical (unpaired) electrons. The molecule has 0 bridgehead atoms. The number of anilines is 1. The number of piperazine rings is 1. The summed E-state index contributed by atoms with van der Waals surface area (Å²) >= 11 is 3.47. The van der Waals surface area contributed by atoms with Crippen molar-refractivity contribution in [2.75, 3.05) is 38.1 Å². The standard InChI is InChI=1S/C28H32BrN5O5/c1-4-38-28(37)33-14-12-32(13-15-33)27(36)20(3)34-17-24(19(2)31-34)30-26(35)22-9-7-8-21(16-22)18-39-25-11-6-5-10-23(25)29/h5-11,16-17,20H,4,12-15,18H2,1-3H3,(H,30,35). The van der Waals surface area contributed by atoms with Gasteiger partial charge in [-0.05, 0) is 66.5 Å². The summed E-state index contributed by atoms with van der Waals surface area (Å²) in [6, 6.07) is 14.3. The molecule has 10 nitrogen and oxygen atoms in total. The topological polar surface area (TPSA) is 106 Å². The van der Waals surface area contributed by atoms with E-state index in [1.165, 1.54) is 0 Å². The van der Waals surface area contributed by atoms with Crippen LogP contribution in [0.2, 0.25) is 0 Å². The Hall–Kier alpha value is -3.86. The van der Waals surface area contributed by atoms with Crippen LogP contribution in [0.4, 0.5) is 10.5 Å². The van der Waals surface area contributed by atoms with Crippen LogP contribution in [0.15, 0.2) is 59.2 Å². The van der Waals surface area contributed by atoms with Gasteiger partial charge >= 0.3 is 6.09 Å². The van der Waals surface area contributed by atoms with Crippen LogP contribution in [0.1, 0.15) is 41.5 Å². The number of nitrogens with zero attached hydrogens (tertiary/aromatic N) is 4. The van der Waals surface area contributed by atoms with Crippen molar-refractivity contribution in [1.82, 2.24) is 19.6 Å². The summed E-state index contributed by atoms with van der Waals surface area (Å²) in [4.78, 5) is 41.4. The number of benzene rings is 2. The van der Waals surface area contributed by atoms with E-state index in [1.807, 2.05) is 36.4 Å². The predicted molar refractivity (Wildman–Crippen MR) is 150 cm³/mol. The quantitative estimate of drug-likeness (QED) is 0.405. The molecule has 0 spiro atoms. The summed E-state index contributed by atoms with van der Waals surface area (Å²) in [5, 5.41) is 7.38. The van der Waals surface area contributed by atoms with E-state index in [9.17, 15) is 14.4 Å². The van der Waals surface area contributed by atoms with E-state index < -0.39 is 6.04 Å². The lowest BCUT2D eigenvalue weighted by Gasteiger charge is -2.35. The normalized spacial score (nSPS) is 14.1. The van der Waals surface area contributed by atoms with Crippen LogP contribution in [0.3, 0.4) is 0 Å². The van der Waals surface area contributed by atoms with Crippen LogP contribution in [0.25, 0.3) is 0 Å². The largest absolute Gasteiger partial charge is 0.488 e. The second-order valence-corrected chi connectivity index (χ2v) is 10.0. The number of carbonyl (C=O) groups excluding carboxylic acids is 3. The summed E-state index contributed by atoms with van der Waals surface area (Å²) in [5.41, 5.74) is 2.47. The van der Waals surface area contributed by atoms with E-state index >= 15 is 0 Å². The van der Waals surface area contributed by atoms with E-state index in [-0.39, 0.29) is 17.9 Å². The summed E-state index contributed by atoms with van der Waals surface area (Å²) < 4.78 is 13.3. The predicted octanol–water partition coefficient (Wildman–Crippen LogP) is 4.65. The average Bonchev–Trinajstić information content (AvgIpc) is 3.31. The average molecular weight is 598 g/mol. The molecule has 1 aromatic heterocycles. The molecule has 3 aromatic rings. The van der Waals surface area contributed by atoms with Crippen molar-refractivity contribution in [3.8, 4) is 5.75 Å². The molecular weight excluding hydrogens is 566 g/mol. The van der Waals surface area contributed by atoms with Gasteiger partial charge in [-0.15, -0.1) is 0 Å². The molecule has 39 heavy (non-hydrogen) atoms. The first kappa shape index (κ1) is 28.2. The number of ether oxygens (including phenoxy) is 2. The first-order valence-electron chi connectivity index (χ1n) is 12.8. The van der Waals surface area contributed by atoms with Gasteiger partial charge in [-0.2, -0.15) is 5.10 Å². The van der Waals surface area contributed by atoms with Crippen molar-refractivity contribution in [2.45, 2.75) is 33.4 Å². The van der Waals surface area contributed by atoms with Gasteiger partial charge in [0.25, 0.3) is 5.91 Å². The van der Waals surface area contributed by atoms with Crippen molar-refractivity contribution in [2.24, 2.45) is 0 Å². The highest BCUT2D eigenvalue weighted by Crippen LogP contribution is 2.25. The molecule has 0 aliphatic carbocycles. The zero-order valence-corrected chi connectivity index (χ0v) is 23.8. The highest BCUT2D eigenvalue weighted by Gasteiger charge is 2.29. The van der Waals surface area contributed by atoms with Gasteiger partial charge in [0.15, 0.2) is 0 Å². The fourth-order valence-corrected chi connectivity index (χ4v) is 4.62. The monoisotopic (exact) mass is 597 g/mol. The minimum atomic E-state index is -0.568. The minimum absolute atomic E-state index is 0.100. The Morgan fingerprint density at radius 3 is 2.49 bits per heavy atom. The van der Waals surface area contributed by atoms with Gasteiger partial charge in [-0.1, -0.05) is 24.3 Å². The lowest BCUT2D eigenvalue weighted by atomic mass is 10.1. The first-order valence-corrected chi connectivity index (χ1v) is 13.6. The van der Waals surface area contributed by atoms with E-state index in [4.69, 9.17) is 9.47 Å². The van der Waals surface area contributed by atoms with Crippen LogP contribution in [-0.2, 0) is 16.1 Å². The van der Waals surface area contributed by atoms with Crippen molar-refractivity contribution < 1.29 is 23.9 Å². The molecule has 1 atom stereocenters. The molecule has 1 N–H and O–H groups in total. The number of aromatic nitrogens is 2. The maximum absolute atomic E-state index is 13.1. The molecule has 4 rings (SSSR count). The van der Waals surface area contributed by atoms with Gasteiger partial charge in [0.05, 0.1) is 22.5 Å². The van der Waals surface area contributed by atoms with E-state index in [2.05, 4.69) is 26.3 Å². The molecule has 206 valence electrons. The van der Waals surface area contributed by atoms with Gasteiger partial charge in [-0.25, -0.2) is 4.79 Å². The van der Waals surface area contributed by atoms with Gasteiger partial charge in [-0.3, -0.25) is 14.3 Å². The van der Waals surface area contributed by atoms with Crippen LogP contribution in [0.5, 0.6) is 5.75 Å². The second-order valence-electron chi connectivity index (χ2n) is 9.17. The number of halogens is 1. The van der Waals surface area contributed by atoms with Crippen molar-refractivity contribution >= 4 is 39.5 Å². The second kappa shape index (κ2) is 12.8. The Morgan fingerprint density at radius 1 is 1.05 bits per heavy atom. The molecule has 2 heterocycles.